The predicted molar refractivity (Wildman–Crippen MR) is 108 cm³/mol. The van der Waals surface area contributed by atoms with Crippen molar-refractivity contribution in [3.8, 4) is 11.1 Å². The number of nitrogens with two attached hydrogens (primary N) is 2. The van der Waals surface area contributed by atoms with Crippen LogP contribution in [0.1, 0.15) is 18.9 Å². The Morgan fingerprint density at radius 3 is 2.25 bits per heavy atom. The summed E-state index contributed by atoms with van der Waals surface area (Å²) in [6, 6.07) is 17.5. The van der Waals surface area contributed by atoms with E-state index in [1.54, 1.807) is 6.92 Å². The van der Waals surface area contributed by atoms with Crippen LogP contribution >= 0.6 is 0 Å². The summed E-state index contributed by atoms with van der Waals surface area (Å²) in [6.45, 7) is 1.60. The molecule has 8 nitrogen and oxygen atoms in total. The minimum absolute atomic E-state index is 0.255. The van der Waals surface area contributed by atoms with Gasteiger partial charge in [-0.25, -0.2) is 11.4 Å². The largest absolute Gasteiger partial charge is 0.481 e. The maximum absolute atomic E-state index is 12.1. The number of amidine groups is 1. The van der Waals surface area contributed by atoms with Gasteiger partial charge in [-0.2, -0.15) is 0 Å². The lowest BCUT2D eigenvalue weighted by molar-refractivity contribution is -0.141. The smallest absolute Gasteiger partial charge is 0.306 e. The van der Waals surface area contributed by atoms with Crippen LogP contribution in [0.2, 0.25) is 0 Å². The van der Waals surface area contributed by atoms with E-state index in [1.807, 2.05) is 60.1 Å². The van der Waals surface area contributed by atoms with Gasteiger partial charge in [-0.1, -0.05) is 61.5 Å². The van der Waals surface area contributed by atoms with E-state index in [4.69, 9.17) is 11.6 Å². The number of nitrogens with zero attached hydrogens (tertiary/aromatic N) is 1. The summed E-state index contributed by atoms with van der Waals surface area (Å²) >= 11 is 0. The Bertz CT molecular complexity index is 821. The Hall–Kier alpha value is -3.39. The molecule has 0 fully saturated rings. The SMILES string of the molecule is C[C@H](C[C@@H](Cc1ccc(-c2ccccc2)cc1)NC(=O)/C(N)=N/NN)C(=O)O. The van der Waals surface area contributed by atoms with E-state index in [2.05, 4.69) is 10.4 Å². The van der Waals surface area contributed by atoms with Crippen LogP contribution in [0.15, 0.2) is 59.7 Å². The van der Waals surface area contributed by atoms with Gasteiger partial charge in [-0.3, -0.25) is 9.59 Å². The molecule has 0 bridgehead atoms. The summed E-state index contributed by atoms with van der Waals surface area (Å²) in [5.41, 5.74) is 10.6. The molecule has 0 aliphatic carbocycles. The van der Waals surface area contributed by atoms with Crippen molar-refractivity contribution in [2.24, 2.45) is 22.6 Å². The molecule has 0 aliphatic heterocycles. The topological polar surface area (TPSA) is 143 Å². The third-order valence-corrected chi connectivity index (χ3v) is 4.36. The molecule has 0 aromatic heterocycles. The van der Waals surface area contributed by atoms with Gasteiger partial charge in [0.2, 0.25) is 5.84 Å². The predicted octanol–water partition coefficient (Wildman–Crippen LogP) is 1.23. The first-order valence-electron chi connectivity index (χ1n) is 8.87. The molecule has 0 spiro atoms. The highest BCUT2D eigenvalue weighted by molar-refractivity contribution is 6.37. The Morgan fingerprint density at radius 1 is 1.07 bits per heavy atom. The first-order chi connectivity index (χ1) is 13.4. The van der Waals surface area contributed by atoms with Gasteiger partial charge >= 0.3 is 5.97 Å². The molecule has 0 heterocycles. The zero-order chi connectivity index (χ0) is 20.5. The molecule has 2 rings (SSSR count). The monoisotopic (exact) mass is 383 g/mol. The zero-order valence-corrected chi connectivity index (χ0v) is 15.6. The number of carboxylic acids is 1. The number of hydrazone groups is 1. The van der Waals surface area contributed by atoms with Crippen molar-refractivity contribution >= 4 is 17.7 Å². The average Bonchev–Trinajstić information content (AvgIpc) is 2.69. The number of aliphatic carboxylic acids is 1. The van der Waals surface area contributed by atoms with Crippen molar-refractivity contribution in [2.75, 3.05) is 0 Å². The fourth-order valence-electron chi connectivity index (χ4n) is 2.85. The van der Waals surface area contributed by atoms with Crippen molar-refractivity contribution in [3.63, 3.8) is 0 Å². The van der Waals surface area contributed by atoms with Gasteiger partial charge in [0.05, 0.1) is 5.92 Å². The van der Waals surface area contributed by atoms with Gasteiger partial charge < -0.3 is 16.2 Å². The van der Waals surface area contributed by atoms with E-state index in [0.29, 0.717) is 6.42 Å². The van der Waals surface area contributed by atoms with Crippen LogP contribution in [-0.2, 0) is 16.0 Å². The minimum Gasteiger partial charge on any atom is -0.481 e. The molecule has 0 saturated heterocycles. The first-order valence-corrected chi connectivity index (χ1v) is 8.87. The molecule has 8 heteroatoms. The number of benzene rings is 2. The van der Waals surface area contributed by atoms with Crippen LogP contribution in [-0.4, -0.2) is 28.9 Å². The van der Waals surface area contributed by atoms with Crippen LogP contribution in [0.3, 0.4) is 0 Å². The molecule has 1 amide bonds. The number of hydrogen-bond acceptors (Lipinski definition) is 5. The van der Waals surface area contributed by atoms with Crippen molar-refractivity contribution in [3.05, 3.63) is 60.2 Å². The highest BCUT2D eigenvalue weighted by atomic mass is 16.4. The maximum atomic E-state index is 12.1. The summed E-state index contributed by atoms with van der Waals surface area (Å²) in [7, 11) is 0. The van der Waals surface area contributed by atoms with Crippen LogP contribution in [0.4, 0.5) is 0 Å². The normalized spacial score (nSPS) is 13.4. The quantitative estimate of drug-likeness (QED) is 0.201. The van der Waals surface area contributed by atoms with Crippen molar-refractivity contribution in [2.45, 2.75) is 25.8 Å². The molecule has 2 aromatic rings. The molecule has 2 atom stereocenters. The molecule has 0 aliphatic rings. The summed E-state index contributed by atoms with van der Waals surface area (Å²) in [5.74, 6) is 2.54. The number of nitrogens with one attached hydrogen (secondary N) is 2. The molecule has 0 radical (unpaired) electrons. The number of carbonyl (C=O) groups excluding carboxylic acids is 1. The molecule has 0 unspecified atom stereocenters. The minimum atomic E-state index is -0.927. The third-order valence-electron chi connectivity index (χ3n) is 4.36. The zero-order valence-electron chi connectivity index (χ0n) is 15.6. The first kappa shape index (κ1) is 20.9. The number of amides is 1. The lowest BCUT2D eigenvalue weighted by atomic mass is 9.95. The van der Waals surface area contributed by atoms with Gasteiger partial charge in [-0.05, 0) is 29.5 Å². The summed E-state index contributed by atoms with van der Waals surface area (Å²) < 4.78 is 0. The average molecular weight is 383 g/mol. The van der Waals surface area contributed by atoms with Gasteiger partial charge in [0.25, 0.3) is 5.91 Å². The summed E-state index contributed by atoms with van der Waals surface area (Å²) in [6.07, 6.45) is 0.715. The number of hydrogen-bond donors (Lipinski definition) is 5. The fourth-order valence-corrected chi connectivity index (χ4v) is 2.85. The Morgan fingerprint density at radius 2 is 1.68 bits per heavy atom. The Balaban J connectivity index is 2.13. The van der Waals surface area contributed by atoms with Crippen molar-refractivity contribution < 1.29 is 14.7 Å². The molecule has 148 valence electrons. The van der Waals surface area contributed by atoms with E-state index in [1.165, 1.54) is 0 Å². The van der Waals surface area contributed by atoms with Gasteiger partial charge in [-0.15, -0.1) is 5.10 Å². The Kier molecular flexibility index (Phi) is 7.53. The second-order valence-electron chi connectivity index (χ2n) is 6.54. The second kappa shape index (κ2) is 10.1. The summed E-state index contributed by atoms with van der Waals surface area (Å²) in [4.78, 5) is 23.3. The highest BCUT2D eigenvalue weighted by Crippen LogP contribution is 2.20. The van der Waals surface area contributed by atoms with E-state index < -0.39 is 23.8 Å². The van der Waals surface area contributed by atoms with E-state index in [9.17, 15) is 14.7 Å². The molecule has 2 aromatic carbocycles. The molecular formula is C20H25N5O3. The van der Waals surface area contributed by atoms with Gasteiger partial charge in [0, 0.05) is 6.04 Å². The number of rotatable bonds is 8. The second-order valence-corrected chi connectivity index (χ2v) is 6.54. The lowest BCUT2D eigenvalue weighted by Gasteiger charge is -2.21. The molecule has 7 N–H and O–H groups in total. The van der Waals surface area contributed by atoms with Crippen LogP contribution in [0.5, 0.6) is 0 Å². The lowest BCUT2D eigenvalue weighted by Crippen LogP contribution is -2.45. The number of hydrazine groups is 1. The van der Waals surface area contributed by atoms with E-state index >= 15 is 0 Å². The van der Waals surface area contributed by atoms with Gasteiger partial charge in [0.1, 0.15) is 0 Å². The molecular weight excluding hydrogens is 358 g/mol. The van der Waals surface area contributed by atoms with Crippen LogP contribution in [0, 0.1) is 5.92 Å². The van der Waals surface area contributed by atoms with Crippen LogP contribution < -0.4 is 22.4 Å². The number of carbonyl (C=O) groups is 2. The van der Waals surface area contributed by atoms with Gasteiger partial charge in [0.15, 0.2) is 0 Å². The maximum Gasteiger partial charge on any atom is 0.306 e. The molecule has 28 heavy (non-hydrogen) atoms. The fraction of sp³-hybridized carbons (Fsp3) is 0.250. The molecule has 0 saturated carbocycles. The van der Waals surface area contributed by atoms with Crippen molar-refractivity contribution in [1.82, 2.24) is 10.9 Å². The summed E-state index contributed by atoms with van der Waals surface area (Å²) in [5, 5.41) is 15.4. The van der Waals surface area contributed by atoms with Crippen molar-refractivity contribution in [1.29, 1.82) is 0 Å². The van der Waals surface area contributed by atoms with E-state index in [0.717, 1.165) is 16.7 Å². The highest BCUT2D eigenvalue weighted by Gasteiger charge is 2.21. The van der Waals surface area contributed by atoms with E-state index in [-0.39, 0.29) is 12.3 Å². The van der Waals surface area contributed by atoms with Crippen LogP contribution in [0.25, 0.3) is 11.1 Å². The third kappa shape index (κ3) is 6.10. The number of carboxylic acid groups (broad SMARTS) is 1. The Labute approximate surface area is 163 Å². The standard InChI is InChI=1S/C20H25N5O3/c1-13(20(27)28)11-17(23-19(26)18(21)24-25-22)12-14-7-9-16(10-8-14)15-5-3-2-4-6-15/h2-10,13,17,25H,11-12,22H2,1H3,(H2,21,24)(H,23,26)(H,27,28)/t13-,17+/m1/s1.